The molecule has 1 atom stereocenters. The Morgan fingerprint density at radius 1 is 1.11 bits per heavy atom. The van der Waals surface area contributed by atoms with Gasteiger partial charge in [-0.2, -0.15) is 0 Å². The number of nitrogens with two attached hydrogens (primary N) is 1. The van der Waals surface area contributed by atoms with Gasteiger partial charge in [0.25, 0.3) is 0 Å². The van der Waals surface area contributed by atoms with Gasteiger partial charge in [-0.05, 0) is 56.0 Å². The molecular weight excluding hydrogens is 358 g/mol. The summed E-state index contributed by atoms with van der Waals surface area (Å²) in [7, 11) is -3.70. The smallest absolute Gasteiger partial charge is 0.243 e. The van der Waals surface area contributed by atoms with E-state index in [1.54, 1.807) is 13.0 Å². The van der Waals surface area contributed by atoms with Crippen molar-refractivity contribution < 1.29 is 8.42 Å². The highest BCUT2D eigenvalue weighted by molar-refractivity contribution is 7.89. The summed E-state index contributed by atoms with van der Waals surface area (Å²) in [6.45, 7) is 8.30. The number of fused-ring (bicyclic) bond motifs is 1. The van der Waals surface area contributed by atoms with Crippen LogP contribution >= 0.6 is 0 Å². The molecule has 27 heavy (non-hydrogen) atoms. The summed E-state index contributed by atoms with van der Waals surface area (Å²) in [6.07, 6.45) is 2.75. The number of hydrogen-bond acceptors (Lipinski definition) is 3. The van der Waals surface area contributed by atoms with Gasteiger partial charge in [0, 0.05) is 29.7 Å². The molecule has 0 aliphatic carbocycles. The van der Waals surface area contributed by atoms with Crippen LogP contribution in [0.2, 0.25) is 0 Å². The molecule has 2 aromatic carbocycles. The molecule has 0 saturated heterocycles. The number of nitrogens with zero attached hydrogens (tertiary/aromatic N) is 1. The Bertz CT molecular complexity index is 1060. The summed E-state index contributed by atoms with van der Waals surface area (Å²) >= 11 is 0. The van der Waals surface area contributed by atoms with Gasteiger partial charge in [-0.25, -0.2) is 13.1 Å². The Balaban J connectivity index is 1.91. The molecule has 0 aliphatic rings. The Labute approximate surface area is 161 Å². The number of sulfonamides is 1. The molecule has 1 heterocycles. The van der Waals surface area contributed by atoms with Crippen molar-refractivity contribution in [3.05, 3.63) is 59.3 Å². The fourth-order valence-electron chi connectivity index (χ4n) is 3.70. The highest BCUT2D eigenvalue weighted by atomic mass is 32.2. The van der Waals surface area contributed by atoms with E-state index in [0.717, 1.165) is 11.1 Å². The molecule has 0 fully saturated rings. The summed E-state index contributed by atoms with van der Waals surface area (Å²) < 4.78 is 31.0. The van der Waals surface area contributed by atoms with Crippen LogP contribution in [0.3, 0.4) is 0 Å². The Hall–Kier alpha value is -2.31. The lowest BCUT2D eigenvalue weighted by molar-refractivity contribution is 0.491. The van der Waals surface area contributed by atoms with Gasteiger partial charge in [0.2, 0.25) is 10.0 Å². The van der Waals surface area contributed by atoms with Crippen molar-refractivity contribution in [3.63, 3.8) is 0 Å². The molecule has 0 bridgehead atoms. The topological polar surface area (TPSA) is 77.1 Å². The second-order valence-electron chi connectivity index (χ2n) is 7.21. The summed E-state index contributed by atoms with van der Waals surface area (Å²) in [6, 6.07) is 11.5. The Morgan fingerprint density at radius 3 is 2.48 bits per heavy atom. The highest BCUT2D eigenvalue weighted by Crippen LogP contribution is 2.25. The lowest BCUT2D eigenvalue weighted by Gasteiger charge is -2.20. The van der Waals surface area contributed by atoms with Gasteiger partial charge in [-0.1, -0.05) is 31.2 Å². The molecule has 144 valence electrons. The predicted molar refractivity (Wildman–Crippen MR) is 111 cm³/mol. The highest BCUT2D eigenvalue weighted by Gasteiger charge is 2.24. The molecule has 0 amide bonds. The number of anilines is 1. The Morgan fingerprint density at radius 2 is 1.81 bits per heavy atom. The van der Waals surface area contributed by atoms with Crippen molar-refractivity contribution in [1.82, 2.24) is 9.29 Å². The number of nitrogens with one attached hydrogen (secondary N) is 1. The van der Waals surface area contributed by atoms with Crippen LogP contribution in [0.4, 0.5) is 5.69 Å². The van der Waals surface area contributed by atoms with Crippen LogP contribution in [0.1, 0.15) is 30.0 Å². The summed E-state index contributed by atoms with van der Waals surface area (Å²) in [5, 5.41) is 1.19. The first-order chi connectivity index (χ1) is 12.7. The van der Waals surface area contributed by atoms with E-state index in [4.69, 9.17) is 5.73 Å². The molecule has 0 unspecified atom stereocenters. The molecule has 3 rings (SSSR count). The SMILES string of the molecule is CC[C@@H](Cn1cc(C)c2ccccc21)NS(=O)(=O)c1c(C)cc(C)cc1N. The van der Waals surface area contributed by atoms with E-state index in [9.17, 15) is 8.42 Å². The van der Waals surface area contributed by atoms with Gasteiger partial charge in [-0.3, -0.25) is 0 Å². The van der Waals surface area contributed by atoms with Gasteiger partial charge in [0.15, 0.2) is 0 Å². The molecule has 5 nitrogen and oxygen atoms in total. The largest absolute Gasteiger partial charge is 0.398 e. The third-order valence-corrected chi connectivity index (χ3v) is 6.67. The van der Waals surface area contributed by atoms with E-state index in [2.05, 4.69) is 34.5 Å². The third kappa shape index (κ3) is 3.87. The van der Waals surface area contributed by atoms with Crippen molar-refractivity contribution in [2.45, 2.75) is 51.6 Å². The molecule has 0 saturated carbocycles. The van der Waals surface area contributed by atoms with E-state index < -0.39 is 10.0 Å². The van der Waals surface area contributed by atoms with Gasteiger partial charge in [0.05, 0.1) is 5.69 Å². The quantitative estimate of drug-likeness (QED) is 0.632. The first kappa shape index (κ1) is 19.5. The molecule has 0 aliphatic heterocycles. The van der Waals surface area contributed by atoms with Crippen LogP contribution < -0.4 is 10.5 Å². The summed E-state index contributed by atoms with van der Waals surface area (Å²) in [4.78, 5) is 0.181. The fourth-order valence-corrected chi connectivity index (χ4v) is 5.35. The third-order valence-electron chi connectivity index (χ3n) is 4.94. The van der Waals surface area contributed by atoms with E-state index in [0.29, 0.717) is 18.5 Å². The summed E-state index contributed by atoms with van der Waals surface area (Å²) in [5.41, 5.74) is 10.2. The lowest BCUT2D eigenvalue weighted by Crippen LogP contribution is -2.38. The zero-order chi connectivity index (χ0) is 19.8. The van der Waals surface area contributed by atoms with Crippen LogP contribution in [-0.4, -0.2) is 19.0 Å². The zero-order valence-electron chi connectivity index (χ0n) is 16.3. The number of aryl methyl sites for hydroxylation is 3. The molecule has 0 radical (unpaired) electrons. The average molecular weight is 386 g/mol. The number of aromatic nitrogens is 1. The van der Waals surface area contributed by atoms with Gasteiger partial charge >= 0.3 is 0 Å². The van der Waals surface area contributed by atoms with Crippen molar-refractivity contribution >= 4 is 26.6 Å². The first-order valence-electron chi connectivity index (χ1n) is 9.16. The van der Waals surface area contributed by atoms with Crippen molar-refractivity contribution in [2.24, 2.45) is 0 Å². The number of nitrogen functional groups attached to an aromatic ring is 1. The molecule has 6 heteroatoms. The van der Waals surface area contributed by atoms with Gasteiger partial charge in [-0.15, -0.1) is 0 Å². The van der Waals surface area contributed by atoms with Crippen LogP contribution in [0.5, 0.6) is 0 Å². The van der Waals surface area contributed by atoms with Crippen LogP contribution in [0.25, 0.3) is 10.9 Å². The molecule has 3 aromatic rings. The lowest BCUT2D eigenvalue weighted by atomic mass is 10.1. The van der Waals surface area contributed by atoms with Crippen molar-refractivity contribution in [3.8, 4) is 0 Å². The Kier molecular flexibility index (Phi) is 5.31. The van der Waals surface area contributed by atoms with E-state index in [1.165, 1.54) is 10.9 Å². The maximum absolute atomic E-state index is 13.0. The standard InChI is InChI=1S/C21H27N3O2S/c1-5-17(13-24-12-16(4)18-8-6-7-9-20(18)24)23-27(25,26)21-15(3)10-14(2)11-19(21)22/h6-12,17,23H,5,13,22H2,1-4H3/t17-/m0/s1. The fraction of sp³-hybridized carbons (Fsp3) is 0.333. The predicted octanol–water partition coefficient (Wildman–Crippen LogP) is 3.91. The molecular formula is C21H27N3O2S. The van der Waals surface area contributed by atoms with E-state index in [-0.39, 0.29) is 16.6 Å². The molecule has 0 spiro atoms. The zero-order valence-corrected chi connectivity index (χ0v) is 17.1. The van der Waals surface area contributed by atoms with Crippen molar-refractivity contribution in [1.29, 1.82) is 0 Å². The first-order valence-corrected chi connectivity index (χ1v) is 10.6. The minimum absolute atomic E-state index is 0.181. The molecule has 1 aromatic heterocycles. The maximum Gasteiger partial charge on any atom is 0.243 e. The minimum Gasteiger partial charge on any atom is -0.398 e. The van der Waals surface area contributed by atoms with Crippen molar-refractivity contribution in [2.75, 3.05) is 5.73 Å². The van der Waals surface area contributed by atoms with Crippen LogP contribution in [0.15, 0.2) is 47.5 Å². The summed E-state index contributed by atoms with van der Waals surface area (Å²) in [5.74, 6) is 0. The van der Waals surface area contributed by atoms with Crippen LogP contribution in [0, 0.1) is 20.8 Å². The molecule has 3 N–H and O–H groups in total. The number of hydrogen-bond donors (Lipinski definition) is 2. The second-order valence-corrected chi connectivity index (χ2v) is 8.86. The van der Waals surface area contributed by atoms with Gasteiger partial charge < -0.3 is 10.3 Å². The van der Waals surface area contributed by atoms with E-state index >= 15 is 0 Å². The van der Waals surface area contributed by atoms with Crippen LogP contribution in [-0.2, 0) is 16.6 Å². The normalized spacial score (nSPS) is 13.2. The number of benzene rings is 2. The van der Waals surface area contributed by atoms with Gasteiger partial charge in [0.1, 0.15) is 4.90 Å². The maximum atomic E-state index is 13.0. The minimum atomic E-state index is -3.70. The second kappa shape index (κ2) is 7.37. The number of rotatable bonds is 6. The average Bonchev–Trinajstić information content (AvgIpc) is 2.89. The monoisotopic (exact) mass is 385 g/mol. The van der Waals surface area contributed by atoms with E-state index in [1.807, 2.05) is 32.0 Å². The number of para-hydroxylation sites is 1.